The van der Waals surface area contributed by atoms with E-state index in [-0.39, 0.29) is 5.78 Å². The monoisotopic (exact) mass is 382 g/mol. The Kier molecular flexibility index (Phi) is 4.16. The van der Waals surface area contributed by atoms with Gasteiger partial charge in [0.1, 0.15) is 5.82 Å². The SMILES string of the molecule is COc1cc2ncc3c(N)c(C(=O)c4ccc(F)cc4)sc3c2cc1OC. The number of rotatable bonds is 4. The summed E-state index contributed by atoms with van der Waals surface area (Å²) in [5, 5.41) is 1.52. The topological polar surface area (TPSA) is 74.4 Å². The number of ketones is 1. The van der Waals surface area contributed by atoms with Gasteiger partial charge >= 0.3 is 0 Å². The first kappa shape index (κ1) is 17.2. The van der Waals surface area contributed by atoms with Gasteiger partial charge in [0.15, 0.2) is 11.5 Å². The fourth-order valence-corrected chi connectivity index (χ4v) is 4.16. The van der Waals surface area contributed by atoms with Crippen molar-refractivity contribution in [3.05, 3.63) is 58.9 Å². The number of carbonyl (C=O) groups is 1. The molecule has 2 heterocycles. The highest BCUT2D eigenvalue weighted by molar-refractivity contribution is 7.22. The third kappa shape index (κ3) is 2.76. The lowest BCUT2D eigenvalue weighted by molar-refractivity contribution is 0.104. The van der Waals surface area contributed by atoms with Crippen LogP contribution in [0.4, 0.5) is 10.1 Å². The number of nitrogens with two attached hydrogens (primary N) is 1. The Labute approximate surface area is 158 Å². The molecule has 2 aromatic carbocycles. The number of nitrogen functional groups attached to an aromatic ring is 1. The Morgan fingerprint density at radius 2 is 1.74 bits per heavy atom. The minimum Gasteiger partial charge on any atom is -0.493 e. The highest BCUT2D eigenvalue weighted by atomic mass is 32.1. The third-order valence-corrected chi connectivity index (χ3v) is 5.63. The van der Waals surface area contributed by atoms with E-state index in [1.165, 1.54) is 35.6 Å². The number of nitrogens with zero attached hydrogens (tertiary/aromatic N) is 1. The first-order valence-corrected chi connectivity index (χ1v) is 8.88. The molecule has 0 radical (unpaired) electrons. The minimum absolute atomic E-state index is 0.248. The van der Waals surface area contributed by atoms with Crippen LogP contribution in [0.25, 0.3) is 21.0 Å². The molecule has 2 N–H and O–H groups in total. The number of carbonyl (C=O) groups excluding carboxylic acids is 1. The van der Waals surface area contributed by atoms with Gasteiger partial charge in [-0.2, -0.15) is 0 Å². The average molecular weight is 382 g/mol. The maximum absolute atomic E-state index is 13.1. The van der Waals surface area contributed by atoms with Gasteiger partial charge in [-0.25, -0.2) is 4.39 Å². The fourth-order valence-electron chi connectivity index (χ4n) is 2.98. The van der Waals surface area contributed by atoms with Crippen LogP contribution in [0.15, 0.2) is 42.6 Å². The Bertz CT molecular complexity index is 1190. The van der Waals surface area contributed by atoms with Crippen LogP contribution in [0.2, 0.25) is 0 Å². The van der Waals surface area contributed by atoms with Crippen LogP contribution in [0.3, 0.4) is 0 Å². The maximum atomic E-state index is 13.1. The summed E-state index contributed by atoms with van der Waals surface area (Å²) in [6.45, 7) is 0. The van der Waals surface area contributed by atoms with E-state index in [0.717, 1.165) is 10.1 Å². The normalized spacial score (nSPS) is 11.1. The predicted molar refractivity (Wildman–Crippen MR) is 104 cm³/mol. The number of thiophene rings is 1. The molecule has 0 fully saturated rings. The minimum atomic E-state index is -0.396. The van der Waals surface area contributed by atoms with E-state index in [2.05, 4.69) is 4.98 Å². The van der Waals surface area contributed by atoms with Gasteiger partial charge < -0.3 is 15.2 Å². The summed E-state index contributed by atoms with van der Waals surface area (Å²) < 4.78 is 24.7. The summed E-state index contributed by atoms with van der Waals surface area (Å²) in [5.41, 5.74) is 7.70. The van der Waals surface area contributed by atoms with E-state index in [9.17, 15) is 9.18 Å². The van der Waals surface area contributed by atoms with Crippen LogP contribution in [0.1, 0.15) is 15.2 Å². The number of halogens is 1. The average Bonchev–Trinajstić information content (AvgIpc) is 3.03. The molecule has 4 aromatic rings. The van der Waals surface area contributed by atoms with Gasteiger partial charge in [0.2, 0.25) is 5.78 Å². The molecular weight excluding hydrogens is 367 g/mol. The number of aromatic nitrogens is 1. The molecular formula is C20H15FN2O3S. The van der Waals surface area contributed by atoms with Crippen molar-refractivity contribution in [2.24, 2.45) is 0 Å². The van der Waals surface area contributed by atoms with Crippen LogP contribution < -0.4 is 15.2 Å². The molecule has 0 spiro atoms. The van der Waals surface area contributed by atoms with E-state index in [4.69, 9.17) is 15.2 Å². The van der Waals surface area contributed by atoms with Crippen LogP contribution in [0.5, 0.6) is 11.5 Å². The number of benzene rings is 2. The lowest BCUT2D eigenvalue weighted by atomic mass is 10.1. The molecule has 0 unspecified atom stereocenters. The summed E-state index contributed by atoms with van der Waals surface area (Å²) in [6.07, 6.45) is 1.65. The van der Waals surface area contributed by atoms with Gasteiger partial charge in [0.25, 0.3) is 0 Å². The molecule has 0 aliphatic carbocycles. The Balaban J connectivity index is 1.93. The zero-order valence-corrected chi connectivity index (χ0v) is 15.4. The Hall–Kier alpha value is -3.19. The smallest absolute Gasteiger partial charge is 0.205 e. The molecule has 7 heteroatoms. The fraction of sp³-hybridized carbons (Fsp3) is 0.100. The molecule has 2 aromatic heterocycles. The highest BCUT2D eigenvalue weighted by Gasteiger charge is 2.20. The zero-order valence-electron chi connectivity index (χ0n) is 14.6. The number of hydrogen-bond donors (Lipinski definition) is 1. The van der Waals surface area contributed by atoms with E-state index in [0.29, 0.717) is 38.5 Å². The number of methoxy groups -OCH3 is 2. The maximum Gasteiger partial charge on any atom is 0.205 e. The van der Waals surface area contributed by atoms with Crippen molar-refractivity contribution in [3.63, 3.8) is 0 Å². The molecule has 0 bridgehead atoms. The standard InChI is InChI=1S/C20H15FN2O3S/c1-25-15-7-12-14(8-16(15)26-2)23-9-13-17(22)20(27-19(12)13)18(24)10-3-5-11(21)6-4-10/h3-9H,22H2,1-2H3. The van der Waals surface area contributed by atoms with Gasteiger partial charge in [0, 0.05) is 33.3 Å². The van der Waals surface area contributed by atoms with Crippen molar-refractivity contribution in [1.29, 1.82) is 0 Å². The highest BCUT2D eigenvalue weighted by Crippen LogP contribution is 2.41. The molecule has 0 amide bonds. The van der Waals surface area contributed by atoms with Gasteiger partial charge in [-0.05, 0) is 30.3 Å². The number of anilines is 1. The first-order chi connectivity index (χ1) is 13.0. The summed E-state index contributed by atoms with van der Waals surface area (Å²) in [4.78, 5) is 17.7. The van der Waals surface area contributed by atoms with Gasteiger partial charge in [0.05, 0.1) is 30.3 Å². The molecule has 0 saturated heterocycles. The lowest BCUT2D eigenvalue weighted by Crippen LogP contribution is -2.02. The second-order valence-electron chi connectivity index (χ2n) is 5.91. The van der Waals surface area contributed by atoms with Crippen LogP contribution in [-0.2, 0) is 0 Å². The quantitative estimate of drug-likeness (QED) is 0.529. The number of pyridine rings is 1. The summed E-state index contributed by atoms with van der Waals surface area (Å²) in [6, 6.07) is 9.02. The second kappa shape index (κ2) is 6.51. The van der Waals surface area contributed by atoms with Crippen molar-refractivity contribution < 1.29 is 18.7 Å². The molecule has 0 aliphatic rings. The second-order valence-corrected chi connectivity index (χ2v) is 6.93. The predicted octanol–water partition coefficient (Wildman–Crippen LogP) is 4.42. The van der Waals surface area contributed by atoms with E-state index in [1.807, 2.05) is 6.07 Å². The van der Waals surface area contributed by atoms with Gasteiger partial charge in [-0.15, -0.1) is 11.3 Å². The number of fused-ring (bicyclic) bond motifs is 3. The van der Waals surface area contributed by atoms with Crippen LogP contribution in [-0.4, -0.2) is 25.0 Å². The van der Waals surface area contributed by atoms with Crippen molar-refractivity contribution in [1.82, 2.24) is 4.98 Å². The Morgan fingerprint density at radius 3 is 2.41 bits per heavy atom. The largest absolute Gasteiger partial charge is 0.493 e. The summed E-state index contributed by atoms with van der Waals surface area (Å²) >= 11 is 1.29. The van der Waals surface area contributed by atoms with Crippen molar-refractivity contribution >= 4 is 43.8 Å². The summed E-state index contributed by atoms with van der Waals surface area (Å²) in [7, 11) is 3.12. The molecule has 0 atom stereocenters. The van der Waals surface area contributed by atoms with Gasteiger partial charge in [-0.3, -0.25) is 9.78 Å². The molecule has 5 nitrogen and oxygen atoms in total. The lowest BCUT2D eigenvalue weighted by Gasteiger charge is -2.09. The third-order valence-electron chi connectivity index (χ3n) is 4.38. The number of ether oxygens (including phenoxy) is 2. The van der Waals surface area contributed by atoms with E-state index in [1.54, 1.807) is 26.5 Å². The van der Waals surface area contributed by atoms with Crippen molar-refractivity contribution in [2.45, 2.75) is 0 Å². The molecule has 0 aliphatic heterocycles. The molecule has 27 heavy (non-hydrogen) atoms. The van der Waals surface area contributed by atoms with Crippen molar-refractivity contribution in [2.75, 3.05) is 20.0 Å². The van der Waals surface area contributed by atoms with Crippen LogP contribution >= 0.6 is 11.3 Å². The first-order valence-electron chi connectivity index (χ1n) is 8.06. The van der Waals surface area contributed by atoms with Crippen molar-refractivity contribution in [3.8, 4) is 11.5 Å². The van der Waals surface area contributed by atoms with Gasteiger partial charge in [-0.1, -0.05) is 0 Å². The Morgan fingerprint density at radius 1 is 1.07 bits per heavy atom. The number of hydrogen-bond acceptors (Lipinski definition) is 6. The zero-order chi connectivity index (χ0) is 19.1. The van der Waals surface area contributed by atoms with Crippen LogP contribution in [0, 0.1) is 5.82 Å². The molecule has 4 rings (SSSR count). The molecule has 136 valence electrons. The van der Waals surface area contributed by atoms with E-state index < -0.39 is 5.82 Å². The van der Waals surface area contributed by atoms with E-state index >= 15 is 0 Å². The molecule has 0 saturated carbocycles. The summed E-state index contributed by atoms with van der Waals surface area (Å²) in [5.74, 6) is 0.496.